The molecule has 0 saturated carbocycles. The minimum Gasteiger partial charge on any atom is -0.444 e. The van der Waals surface area contributed by atoms with Gasteiger partial charge >= 0.3 is 6.09 Å². The van der Waals surface area contributed by atoms with Gasteiger partial charge in [0, 0.05) is 6.54 Å². The zero-order chi connectivity index (χ0) is 25.8. The molecule has 0 spiro atoms. The summed E-state index contributed by atoms with van der Waals surface area (Å²) in [5.41, 5.74) is 0.380. The molecule has 2 N–H and O–H groups in total. The second-order valence-electron chi connectivity index (χ2n) is 10.4. The number of ether oxygens (including phenoxy) is 2. The van der Waals surface area contributed by atoms with E-state index < -0.39 is 17.7 Å². The predicted molar refractivity (Wildman–Crippen MR) is 143 cm³/mol. The van der Waals surface area contributed by atoms with Gasteiger partial charge in [-0.1, -0.05) is 108 Å². The topological polar surface area (TPSA) is 76.7 Å². The molecule has 2 amide bonds. The van der Waals surface area contributed by atoms with E-state index in [4.69, 9.17) is 9.47 Å². The Kier molecular flexibility index (Phi) is 16.9. The van der Waals surface area contributed by atoms with Crippen LogP contribution in [-0.2, 0) is 20.9 Å². The summed E-state index contributed by atoms with van der Waals surface area (Å²) < 4.78 is 11.0. The Labute approximate surface area is 213 Å². The highest BCUT2D eigenvalue weighted by Crippen LogP contribution is 2.12. The van der Waals surface area contributed by atoms with E-state index in [0.717, 1.165) is 18.4 Å². The zero-order valence-electron chi connectivity index (χ0n) is 22.7. The molecule has 0 unspecified atom stereocenters. The van der Waals surface area contributed by atoms with Crippen LogP contribution in [0.5, 0.6) is 0 Å². The highest BCUT2D eigenvalue weighted by atomic mass is 16.6. The second kappa shape index (κ2) is 19.1. The van der Waals surface area contributed by atoms with Crippen molar-refractivity contribution >= 4 is 12.0 Å². The first-order valence-corrected chi connectivity index (χ1v) is 13.7. The van der Waals surface area contributed by atoms with Gasteiger partial charge in [0.2, 0.25) is 5.91 Å². The summed E-state index contributed by atoms with van der Waals surface area (Å²) in [6.45, 7) is 8.69. The number of carbonyl (C=O) groups is 2. The summed E-state index contributed by atoms with van der Waals surface area (Å²) in [5.74, 6) is -0.244. The molecule has 1 atom stereocenters. The standard InChI is InChI=1S/C29H50N2O4/c1-5-6-7-8-9-10-11-12-13-14-15-19-22-30-27(32)26(31-28(33)35-29(2,3)4)24-34-23-25-20-17-16-18-21-25/h16-18,20-21,26H,5-15,19,22-24H2,1-4H3,(H,30,32)(H,31,33)/t26-/m0/s1. The lowest BCUT2D eigenvalue weighted by molar-refractivity contribution is -0.124. The number of carbonyl (C=O) groups excluding carboxylic acids is 2. The number of alkyl carbamates (subject to hydrolysis) is 1. The Bertz CT molecular complexity index is 673. The zero-order valence-corrected chi connectivity index (χ0v) is 22.7. The van der Waals surface area contributed by atoms with Gasteiger partial charge < -0.3 is 20.1 Å². The number of rotatable bonds is 19. The Morgan fingerprint density at radius 1 is 0.829 bits per heavy atom. The van der Waals surface area contributed by atoms with Crippen molar-refractivity contribution < 1.29 is 19.1 Å². The average molecular weight is 491 g/mol. The molecule has 0 radical (unpaired) electrons. The van der Waals surface area contributed by atoms with Crippen molar-refractivity contribution in [1.29, 1.82) is 0 Å². The van der Waals surface area contributed by atoms with Crippen LogP contribution in [0.2, 0.25) is 0 Å². The Morgan fingerprint density at radius 2 is 1.37 bits per heavy atom. The predicted octanol–water partition coefficient (Wildman–Crippen LogP) is 6.91. The van der Waals surface area contributed by atoms with E-state index in [-0.39, 0.29) is 12.5 Å². The van der Waals surface area contributed by atoms with Crippen LogP contribution < -0.4 is 10.6 Å². The summed E-state index contributed by atoms with van der Waals surface area (Å²) in [5, 5.41) is 5.60. The molecule has 0 fully saturated rings. The second-order valence-corrected chi connectivity index (χ2v) is 10.4. The molecule has 35 heavy (non-hydrogen) atoms. The highest BCUT2D eigenvalue weighted by Gasteiger charge is 2.24. The largest absolute Gasteiger partial charge is 0.444 e. The molecule has 0 aliphatic heterocycles. The lowest BCUT2D eigenvalue weighted by atomic mass is 10.1. The van der Waals surface area contributed by atoms with Gasteiger partial charge in [-0.3, -0.25) is 4.79 Å². The summed E-state index contributed by atoms with van der Waals surface area (Å²) >= 11 is 0. The monoisotopic (exact) mass is 490 g/mol. The molecular formula is C29H50N2O4. The summed E-state index contributed by atoms with van der Waals surface area (Å²) in [6.07, 6.45) is 14.7. The van der Waals surface area contributed by atoms with Crippen molar-refractivity contribution in [3.05, 3.63) is 35.9 Å². The molecule has 0 aromatic heterocycles. The number of hydrogen-bond acceptors (Lipinski definition) is 4. The van der Waals surface area contributed by atoms with Crippen LogP contribution in [0.25, 0.3) is 0 Å². The van der Waals surface area contributed by atoms with Gasteiger partial charge in [-0.05, 0) is 32.8 Å². The minimum absolute atomic E-state index is 0.0818. The lowest BCUT2D eigenvalue weighted by Gasteiger charge is -2.23. The van der Waals surface area contributed by atoms with Crippen molar-refractivity contribution in [2.24, 2.45) is 0 Å². The molecule has 1 aromatic rings. The van der Waals surface area contributed by atoms with E-state index in [0.29, 0.717) is 13.2 Å². The van der Waals surface area contributed by atoms with Gasteiger partial charge in [0.15, 0.2) is 0 Å². The average Bonchev–Trinajstić information content (AvgIpc) is 2.80. The summed E-state index contributed by atoms with van der Waals surface area (Å²) in [6, 6.07) is 8.95. The van der Waals surface area contributed by atoms with Crippen molar-refractivity contribution in [2.75, 3.05) is 13.2 Å². The number of hydrogen-bond donors (Lipinski definition) is 2. The van der Waals surface area contributed by atoms with Crippen molar-refractivity contribution in [3.63, 3.8) is 0 Å². The van der Waals surface area contributed by atoms with Crippen LogP contribution in [0, 0.1) is 0 Å². The molecule has 0 bridgehead atoms. The van der Waals surface area contributed by atoms with Crippen LogP contribution in [0.4, 0.5) is 4.79 Å². The van der Waals surface area contributed by atoms with Gasteiger partial charge in [-0.2, -0.15) is 0 Å². The summed E-state index contributed by atoms with van der Waals surface area (Å²) in [4.78, 5) is 25.0. The third kappa shape index (κ3) is 17.9. The smallest absolute Gasteiger partial charge is 0.408 e. The number of nitrogens with one attached hydrogen (secondary N) is 2. The molecule has 0 aliphatic carbocycles. The number of unbranched alkanes of at least 4 members (excludes halogenated alkanes) is 11. The first-order valence-electron chi connectivity index (χ1n) is 13.7. The van der Waals surface area contributed by atoms with Crippen molar-refractivity contribution in [1.82, 2.24) is 10.6 Å². The Balaban J connectivity index is 2.26. The minimum atomic E-state index is -0.800. The lowest BCUT2D eigenvalue weighted by Crippen LogP contribution is -2.50. The van der Waals surface area contributed by atoms with Gasteiger partial charge in [-0.15, -0.1) is 0 Å². The third-order valence-corrected chi connectivity index (χ3v) is 5.73. The molecule has 0 aliphatic rings. The number of amides is 2. The van der Waals surface area contributed by atoms with Crippen LogP contribution in [0.3, 0.4) is 0 Å². The molecule has 0 heterocycles. The van der Waals surface area contributed by atoms with Crippen LogP contribution in [-0.4, -0.2) is 36.8 Å². The molecule has 1 rings (SSSR count). The molecular weight excluding hydrogens is 440 g/mol. The van der Waals surface area contributed by atoms with E-state index >= 15 is 0 Å². The quantitative estimate of drug-likeness (QED) is 0.207. The maximum Gasteiger partial charge on any atom is 0.408 e. The highest BCUT2D eigenvalue weighted by molar-refractivity contribution is 5.85. The summed E-state index contributed by atoms with van der Waals surface area (Å²) in [7, 11) is 0. The number of benzene rings is 1. The maximum atomic E-state index is 12.7. The fraction of sp³-hybridized carbons (Fsp3) is 0.724. The van der Waals surface area contributed by atoms with Crippen molar-refractivity contribution in [3.8, 4) is 0 Å². The molecule has 6 nitrogen and oxygen atoms in total. The Hall–Kier alpha value is -2.08. The molecule has 0 saturated heterocycles. The van der Waals surface area contributed by atoms with Gasteiger partial charge in [0.1, 0.15) is 11.6 Å². The first kappa shape index (κ1) is 31.0. The maximum absolute atomic E-state index is 12.7. The Morgan fingerprint density at radius 3 is 1.91 bits per heavy atom. The van der Waals surface area contributed by atoms with Crippen LogP contribution >= 0.6 is 0 Å². The molecule has 6 heteroatoms. The molecule has 1 aromatic carbocycles. The fourth-order valence-corrected chi connectivity index (χ4v) is 3.80. The van der Waals surface area contributed by atoms with Crippen LogP contribution in [0.1, 0.15) is 110 Å². The normalized spacial score (nSPS) is 12.2. The van der Waals surface area contributed by atoms with Gasteiger partial charge in [0.25, 0.3) is 0 Å². The van der Waals surface area contributed by atoms with Gasteiger partial charge in [0.05, 0.1) is 13.2 Å². The van der Waals surface area contributed by atoms with Gasteiger partial charge in [-0.25, -0.2) is 4.79 Å². The third-order valence-electron chi connectivity index (χ3n) is 5.73. The van der Waals surface area contributed by atoms with E-state index in [9.17, 15) is 9.59 Å². The SMILES string of the molecule is CCCCCCCCCCCCCCNC(=O)[C@H](COCc1ccccc1)NC(=O)OC(C)(C)C. The van der Waals surface area contributed by atoms with Crippen LogP contribution in [0.15, 0.2) is 30.3 Å². The van der Waals surface area contributed by atoms with E-state index in [1.807, 2.05) is 30.3 Å². The fourth-order valence-electron chi connectivity index (χ4n) is 3.80. The first-order chi connectivity index (χ1) is 16.8. The van der Waals surface area contributed by atoms with Crippen molar-refractivity contribution in [2.45, 2.75) is 123 Å². The van der Waals surface area contributed by atoms with E-state index in [2.05, 4.69) is 17.6 Å². The van der Waals surface area contributed by atoms with E-state index in [1.54, 1.807) is 20.8 Å². The van der Waals surface area contributed by atoms with E-state index in [1.165, 1.54) is 64.2 Å². The molecule has 200 valence electrons.